The molecule has 1 fully saturated rings. The summed E-state index contributed by atoms with van der Waals surface area (Å²) in [6.45, 7) is 4.57. The standard InChI is InChI=1S/C25H28N8O2/c1-30-24-20(16-28-30)25(35)33(18-27-24)17-23(34)29-21-4-2-3-5-22(21)32-14-12-31(13-15-32)11-8-19-6-9-26-10-7-19/h2-7,9-10,16,18H,8,11-15,17H2,1H3,(H,29,34). The van der Waals surface area contributed by atoms with E-state index in [4.69, 9.17) is 0 Å². The van der Waals surface area contributed by atoms with Gasteiger partial charge in [0.25, 0.3) is 5.56 Å². The Hall–Kier alpha value is -4.05. The minimum atomic E-state index is -0.283. The number of benzene rings is 1. The lowest BCUT2D eigenvalue weighted by Crippen LogP contribution is -2.47. The summed E-state index contributed by atoms with van der Waals surface area (Å²) >= 11 is 0. The maximum Gasteiger partial charge on any atom is 0.264 e. The van der Waals surface area contributed by atoms with Crippen molar-refractivity contribution in [2.45, 2.75) is 13.0 Å². The van der Waals surface area contributed by atoms with E-state index in [2.05, 4.69) is 42.3 Å². The number of nitrogens with one attached hydrogen (secondary N) is 1. The molecular weight excluding hydrogens is 444 g/mol. The lowest BCUT2D eigenvalue weighted by molar-refractivity contribution is -0.116. The number of amides is 1. The van der Waals surface area contributed by atoms with E-state index in [1.165, 1.54) is 27.3 Å². The van der Waals surface area contributed by atoms with Gasteiger partial charge in [0.15, 0.2) is 5.65 Å². The van der Waals surface area contributed by atoms with E-state index in [0.29, 0.717) is 11.0 Å². The summed E-state index contributed by atoms with van der Waals surface area (Å²) in [5.41, 5.74) is 3.24. The van der Waals surface area contributed by atoms with Crippen LogP contribution in [-0.2, 0) is 24.8 Å². The largest absolute Gasteiger partial charge is 0.367 e. The Balaban J connectivity index is 1.21. The number of anilines is 2. The summed E-state index contributed by atoms with van der Waals surface area (Å²) in [7, 11) is 1.73. The molecule has 180 valence electrons. The number of hydrogen-bond acceptors (Lipinski definition) is 7. The second-order valence-electron chi connectivity index (χ2n) is 8.68. The first-order chi connectivity index (χ1) is 17.1. The number of fused-ring (bicyclic) bond motifs is 1. The molecule has 5 rings (SSSR count). The molecule has 4 heterocycles. The summed E-state index contributed by atoms with van der Waals surface area (Å²) in [4.78, 5) is 38.6. The minimum Gasteiger partial charge on any atom is -0.367 e. The first kappa shape index (κ1) is 22.7. The summed E-state index contributed by atoms with van der Waals surface area (Å²) in [5.74, 6) is -0.277. The molecule has 1 aliphatic heterocycles. The molecule has 1 aromatic carbocycles. The molecule has 1 saturated heterocycles. The molecule has 3 aromatic heterocycles. The zero-order valence-corrected chi connectivity index (χ0v) is 19.7. The fourth-order valence-corrected chi connectivity index (χ4v) is 4.43. The van der Waals surface area contributed by atoms with Gasteiger partial charge in [-0.15, -0.1) is 0 Å². The Morgan fingerprint density at radius 1 is 1.06 bits per heavy atom. The van der Waals surface area contributed by atoms with Crippen molar-refractivity contribution in [3.63, 3.8) is 0 Å². The average molecular weight is 473 g/mol. The predicted octanol–water partition coefficient (Wildman–Crippen LogP) is 1.53. The van der Waals surface area contributed by atoms with Crippen molar-refractivity contribution in [3.05, 3.63) is 77.2 Å². The van der Waals surface area contributed by atoms with Crippen LogP contribution in [0.4, 0.5) is 11.4 Å². The number of carbonyl (C=O) groups excluding carboxylic acids is 1. The van der Waals surface area contributed by atoms with Crippen LogP contribution in [0.2, 0.25) is 0 Å². The van der Waals surface area contributed by atoms with Crippen LogP contribution < -0.4 is 15.8 Å². The monoisotopic (exact) mass is 472 g/mol. The van der Waals surface area contributed by atoms with Crippen molar-refractivity contribution >= 4 is 28.3 Å². The molecule has 10 nitrogen and oxygen atoms in total. The summed E-state index contributed by atoms with van der Waals surface area (Å²) in [5, 5.41) is 7.45. The van der Waals surface area contributed by atoms with Gasteiger partial charge in [0.05, 0.1) is 17.6 Å². The summed E-state index contributed by atoms with van der Waals surface area (Å²) in [6.07, 6.45) is 7.55. The third-order valence-electron chi connectivity index (χ3n) is 6.39. The summed E-state index contributed by atoms with van der Waals surface area (Å²) in [6, 6.07) is 11.9. The zero-order valence-electron chi connectivity index (χ0n) is 19.7. The van der Waals surface area contributed by atoms with Gasteiger partial charge in [-0.2, -0.15) is 5.10 Å². The van der Waals surface area contributed by atoms with Crippen LogP contribution in [0.3, 0.4) is 0 Å². The molecule has 1 aliphatic rings. The molecule has 1 amide bonds. The minimum absolute atomic E-state index is 0.117. The normalized spacial score (nSPS) is 14.4. The second kappa shape index (κ2) is 10.1. The zero-order chi connectivity index (χ0) is 24.2. The Kier molecular flexibility index (Phi) is 6.53. The van der Waals surface area contributed by atoms with E-state index < -0.39 is 0 Å². The van der Waals surface area contributed by atoms with Gasteiger partial charge in [-0.1, -0.05) is 12.1 Å². The molecule has 0 atom stereocenters. The van der Waals surface area contributed by atoms with Crippen molar-refractivity contribution in [1.82, 2.24) is 29.2 Å². The van der Waals surface area contributed by atoms with Crippen LogP contribution in [0.25, 0.3) is 11.0 Å². The first-order valence-corrected chi connectivity index (χ1v) is 11.7. The van der Waals surface area contributed by atoms with Gasteiger partial charge in [0, 0.05) is 52.2 Å². The van der Waals surface area contributed by atoms with Crippen molar-refractivity contribution < 1.29 is 4.79 Å². The third-order valence-corrected chi connectivity index (χ3v) is 6.39. The fourth-order valence-electron chi connectivity index (χ4n) is 4.43. The van der Waals surface area contributed by atoms with Crippen molar-refractivity contribution in [2.75, 3.05) is 42.9 Å². The lowest BCUT2D eigenvalue weighted by Gasteiger charge is -2.37. The van der Waals surface area contributed by atoms with Gasteiger partial charge in [-0.05, 0) is 36.2 Å². The van der Waals surface area contributed by atoms with Crippen molar-refractivity contribution in [2.24, 2.45) is 7.05 Å². The van der Waals surface area contributed by atoms with Crippen LogP contribution in [0.5, 0.6) is 0 Å². The number of pyridine rings is 1. The van der Waals surface area contributed by atoms with Crippen molar-refractivity contribution in [1.29, 1.82) is 0 Å². The van der Waals surface area contributed by atoms with Gasteiger partial charge in [0.1, 0.15) is 18.3 Å². The molecule has 35 heavy (non-hydrogen) atoms. The number of rotatable bonds is 7. The topological polar surface area (TPSA) is 101 Å². The van der Waals surface area contributed by atoms with Crippen LogP contribution in [0.1, 0.15) is 5.56 Å². The Bertz CT molecular complexity index is 1370. The number of hydrogen-bond donors (Lipinski definition) is 1. The van der Waals surface area contributed by atoms with Gasteiger partial charge < -0.3 is 10.2 Å². The number of aryl methyl sites for hydroxylation is 1. The quantitative estimate of drug-likeness (QED) is 0.435. The molecule has 0 radical (unpaired) electrons. The number of nitrogens with zero attached hydrogens (tertiary/aromatic N) is 7. The van der Waals surface area contributed by atoms with Crippen LogP contribution in [0, 0.1) is 0 Å². The van der Waals surface area contributed by atoms with Gasteiger partial charge in [0.2, 0.25) is 5.91 Å². The molecule has 10 heteroatoms. The van der Waals surface area contributed by atoms with Crippen molar-refractivity contribution in [3.8, 4) is 0 Å². The SMILES string of the molecule is Cn1ncc2c(=O)n(CC(=O)Nc3ccccc3N3CCN(CCc4ccncc4)CC3)cnc21. The average Bonchev–Trinajstić information content (AvgIpc) is 3.27. The van der Waals surface area contributed by atoms with E-state index in [1.54, 1.807) is 7.05 Å². The number of carbonyl (C=O) groups is 1. The maximum atomic E-state index is 12.8. The van der Waals surface area contributed by atoms with Crippen LogP contribution in [-0.4, -0.2) is 67.8 Å². The first-order valence-electron chi connectivity index (χ1n) is 11.7. The number of para-hydroxylation sites is 2. The molecule has 0 saturated carbocycles. The molecule has 0 aliphatic carbocycles. The Morgan fingerprint density at radius 3 is 2.63 bits per heavy atom. The predicted molar refractivity (Wildman–Crippen MR) is 134 cm³/mol. The van der Waals surface area contributed by atoms with E-state index in [-0.39, 0.29) is 18.0 Å². The van der Waals surface area contributed by atoms with E-state index in [0.717, 1.165) is 50.5 Å². The Morgan fingerprint density at radius 2 is 1.83 bits per heavy atom. The lowest BCUT2D eigenvalue weighted by atomic mass is 10.1. The molecule has 1 N–H and O–H groups in total. The van der Waals surface area contributed by atoms with Crippen LogP contribution >= 0.6 is 0 Å². The third kappa shape index (κ3) is 5.07. The van der Waals surface area contributed by atoms with E-state index in [9.17, 15) is 9.59 Å². The van der Waals surface area contributed by atoms with Gasteiger partial charge >= 0.3 is 0 Å². The maximum absolute atomic E-state index is 12.8. The highest BCUT2D eigenvalue weighted by Gasteiger charge is 2.20. The highest BCUT2D eigenvalue weighted by molar-refractivity contribution is 5.94. The molecule has 0 unspecified atom stereocenters. The molecule has 0 spiro atoms. The molecule has 0 bridgehead atoms. The van der Waals surface area contributed by atoms with Gasteiger partial charge in [-0.25, -0.2) is 4.98 Å². The van der Waals surface area contributed by atoms with Crippen LogP contribution in [0.15, 0.2) is 66.1 Å². The summed E-state index contributed by atoms with van der Waals surface area (Å²) < 4.78 is 2.85. The molecular formula is C25H28N8O2. The fraction of sp³-hybridized carbons (Fsp3) is 0.320. The highest BCUT2D eigenvalue weighted by atomic mass is 16.2. The smallest absolute Gasteiger partial charge is 0.264 e. The highest BCUT2D eigenvalue weighted by Crippen LogP contribution is 2.26. The second-order valence-corrected chi connectivity index (χ2v) is 8.68. The van der Waals surface area contributed by atoms with E-state index >= 15 is 0 Å². The molecule has 4 aromatic rings. The van der Waals surface area contributed by atoms with Gasteiger partial charge in [-0.3, -0.25) is 28.7 Å². The Labute approximate surface area is 202 Å². The number of piperazine rings is 1. The number of aromatic nitrogens is 5. The van der Waals surface area contributed by atoms with E-state index in [1.807, 2.05) is 36.7 Å².